The number of hydrogen-bond acceptors (Lipinski definition) is 7. The summed E-state index contributed by atoms with van der Waals surface area (Å²) in [7, 11) is -4.58. The van der Waals surface area contributed by atoms with Crippen molar-refractivity contribution in [2.75, 3.05) is 38.5 Å². The molecule has 10 heteroatoms. The Morgan fingerprint density at radius 3 is 2.55 bits per heavy atom. The number of aliphatic hydroxyl groups is 2. The number of nitrogens with zero attached hydrogens (tertiary/aromatic N) is 2. The smallest absolute Gasteiger partial charge is 0.748 e. The van der Waals surface area contributed by atoms with Gasteiger partial charge in [0, 0.05) is 6.42 Å². The van der Waals surface area contributed by atoms with E-state index in [-0.39, 0.29) is 65.4 Å². The van der Waals surface area contributed by atoms with Crippen LogP contribution in [0, 0.1) is 0 Å². The van der Waals surface area contributed by atoms with E-state index in [2.05, 4.69) is 11.1 Å². The average molecular weight is 442 g/mol. The molecule has 162 valence electrons. The van der Waals surface area contributed by atoms with Crippen LogP contribution in [0.25, 0.3) is 0 Å². The van der Waals surface area contributed by atoms with Crippen molar-refractivity contribution in [3.05, 3.63) is 12.2 Å². The van der Waals surface area contributed by atoms with Crippen LogP contribution in [0.2, 0.25) is 0 Å². The van der Waals surface area contributed by atoms with E-state index in [4.69, 9.17) is 0 Å². The largest absolute Gasteiger partial charge is 1.00 e. The molecule has 8 nitrogen and oxygen atoms in total. The summed E-state index contributed by atoms with van der Waals surface area (Å²) >= 11 is 0. The Labute approximate surface area is 196 Å². The number of unbranched alkanes of at least 4 members (excludes halogenated alkanes) is 5. The molecule has 2 unspecified atom stereocenters. The standard InChI is InChI=1S/C19H34N2O6S.Na/c1-2-3-4-5-6-7-8-9-10-18(24)19-20-11-12-21(19,13-14-22)15-17(23)16-28(25,26)27;/h2-3,17,22-23H,4-16H2,1H3;/q;+1/b3-2+;. The van der Waals surface area contributed by atoms with E-state index in [9.17, 15) is 28.0 Å². The fraction of sp³-hybridized carbons (Fsp3) is 0.789. The first-order chi connectivity index (χ1) is 13.2. The molecule has 0 spiro atoms. The maximum Gasteiger partial charge on any atom is 1.00 e. The zero-order valence-corrected chi connectivity index (χ0v) is 20.6. The SMILES string of the molecule is C/C=C/CCCCCCCC(=O)C1=NCC[N+]1(CCO)CC(O)CS(=O)(=O)[O-].[Na+]. The van der Waals surface area contributed by atoms with Crippen molar-refractivity contribution in [3.63, 3.8) is 0 Å². The molecule has 2 atom stereocenters. The second-order valence-electron chi connectivity index (χ2n) is 7.38. The number of ketones is 1. The summed E-state index contributed by atoms with van der Waals surface area (Å²) in [6, 6.07) is 0. The Hall–Kier alpha value is -0.130. The molecule has 2 N–H and O–H groups in total. The van der Waals surface area contributed by atoms with Crippen LogP contribution in [0.5, 0.6) is 0 Å². The third-order valence-electron chi connectivity index (χ3n) is 4.98. The molecular weight excluding hydrogens is 407 g/mol. The van der Waals surface area contributed by atoms with Gasteiger partial charge in [0.25, 0.3) is 5.84 Å². The number of carbonyl (C=O) groups excluding carboxylic acids is 1. The molecule has 0 bridgehead atoms. The minimum Gasteiger partial charge on any atom is -0.748 e. The van der Waals surface area contributed by atoms with Gasteiger partial charge in [0.1, 0.15) is 25.7 Å². The van der Waals surface area contributed by atoms with Gasteiger partial charge in [-0.3, -0.25) is 9.28 Å². The number of aliphatic hydroxyl groups excluding tert-OH is 2. The fourth-order valence-corrected chi connectivity index (χ4v) is 4.26. The summed E-state index contributed by atoms with van der Waals surface area (Å²) in [5.74, 6) is -0.755. The van der Waals surface area contributed by atoms with Crippen LogP contribution < -0.4 is 29.6 Å². The quantitative estimate of drug-likeness (QED) is 0.0994. The van der Waals surface area contributed by atoms with Crippen molar-refractivity contribution < 1.29 is 62.0 Å². The molecule has 0 saturated heterocycles. The van der Waals surface area contributed by atoms with Gasteiger partial charge in [-0.1, -0.05) is 31.4 Å². The van der Waals surface area contributed by atoms with E-state index in [0.717, 1.165) is 38.5 Å². The number of aliphatic imine (C=N–C) groups is 1. The van der Waals surface area contributed by atoms with Crippen LogP contribution in [0.1, 0.15) is 51.9 Å². The second-order valence-corrected chi connectivity index (χ2v) is 8.83. The summed E-state index contributed by atoms with van der Waals surface area (Å²) in [5.41, 5.74) is 0. The molecule has 29 heavy (non-hydrogen) atoms. The Kier molecular flexibility index (Phi) is 14.7. The van der Waals surface area contributed by atoms with Crippen molar-refractivity contribution in [1.29, 1.82) is 0 Å². The summed E-state index contributed by atoms with van der Waals surface area (Å²) in [4.78, 5) is 17.0. The van der Waals surface area contributed by atoms with Crippen molar-refractivity contribution in [3.8, 4) is 0 Å². The molecule has 1 aliphatic heterocycles. The van der Waals surface area contributed by atoms with Gasteiger partial charge in [-0.05, 0) is 26.2 Å². The number of hydrogen-bond donors (Lipinski definition) is 2. The molecule has 0 radical (unpaired) electrons. The molecule has 0 aromatic heterocycles. The molecule has 1 heterocycles. The molecule has 0 fully saturated rings. The van der Waals surface area contributed by atoms with E-state index >= 15 is 0 Å². The van der Waals surface area contributed by atoms with Crippen LogP contribution in [0.15, 0.2) is 17.1 Å². The normalized spacial score (nSPS) is 20.5. The van der Waals surface area contributed by atoms with Crippen LogP contribution >= 0.6 is 0 Å². The average Bonchev–Trinajstić information content (AvgIpc) is 2.98. The number of amidine groups is 1. The Morgan fingerprint density at radius 1 is 1.28 bits per heavy atom. The maximum atomic E-state index is 12.7. The minimum atomic E-state index is -4.58. The Balaban J connectivity index is 0.00000784. The first-order valence-corrected chi connectivity index (χ1v) is 11.6. The Morgan fingerprint density at radius 2 is 1.93 bits per heavy atom. The minimum absolute atomic E-state index is 0. The Bertz CT molecular complexity index is 653. The summed E-state index contributed by atoms with van der Waals surface area (Å²) in [6.07, 6.45) is 9.24. The van der Waals surface area contributed by atoms with Crippen molar-refractivity contribution in [1.82, 2.24) is 0 Å². The zero-order valence-electron chi connectivity index (χ0n) is 17.8. The van der Waals surface area contributed by atoms with Crippen molar-refractivity contribution in [2.45, 2.75) is 58.0 Å². The van der Waals surface area contributed by atoms with Gasteiger partial charge >= 0.3 is 29.6 Å². The summed E-state index contributed by atoms with van der Waals surface area (Å²) in [5, 5.41) is 19.4. The molecule has 0 aliphatic carbocycles. The van der Waals surface area contributed by atoms with Crippen LogP contribution in [0.3, 0.4) is 0 Å². The first kappa shape index (κ1) is 28.9. The third kappa shape index (κ3) is 11.2. The monoisotopic (exact) mass is 441 g/mol. The van der Waals surface area contributed by atoms with E-state index < -0.39 is 22.0 Å². The van der Waals surface area contributed by atoms with Crippen molar-refractivity contribution >= 4 is 21.7 Å². The van der Waals surface area contributed by atoms with E-state index in [1.807, 2.05) is 13.0 Å². The summed E-state index contributed by atoms with van der Waals surface area (Å²) < 4.78 is 32.7. The predicted octanol–water partition coefficient (Wildman–Crippen LogP) is -2.01. The number of quaternary nitrogens is 1. The van der Waals surface area contributed by atoms with Gasteiger partial charge in [0.2, 0.25) is 5.78 Å². The number of carbonyl (C=O) groups is 1. The predicted molar refractivity (Wildman–Crippen MR) is 107 cm³/mol. The van der Waals surface area contributed by atoms with E-state index in [0.29, 0.717) is 19.5 Å². The summed E-state index contributed by atoms with van der Waals surface area (Å²) in [6.45, 7) is 2.61. The molecule has 0 saturated carbocycles. The van der Waals surface area contributed by atoms with Crippen LogP contribution in [-0.2, 0) is 14.9 Å². The van der Waals surface area contributed by atoms with Gasteiger partial charge in [-0.25, -0.2) is 13.4 Å². The van der Waals surface area contributed by atoms with E-state index in [1.54, 1.807) is 0 Å². The van der Waals surface area contributed by atoms with Gasteiger partial charge in [-0.15, -0.1) is 0 Å². The molecule has 0 aromatic carbocycles. The van der Waals surface area contributed by atoms with Gasteiger partial charge in [-0.2, -0.15) is 0 Å². The topological polar surface area (TPSA) is 127 Å². The van der Waals surface area contributed by atoms with Crippen LogP contribution in [0.4, 0.5) is 0 Å². The molecule has 1 rings (SSSR count). The van der Waals surface area contributed by atoms with Crippen LogP contribution in [-0.4, -0.2) is 83.9 Å². The van der Waals surface area contributed by atoms with E-state index in [1.165, 1.54) is 0 Å². The number of Topliss-reactive ketones (excluding diaryl/α,β-unsaturated/α-hetero) is 1. The van der Waals surface area contributed by atoms with Gasteiger partial charge in [0.05, 0.1) is 29.0 Å². The van der Waals surface area contributed by atoms with Gasteiger partial charge < -0.3 is 14.8 Å². The molecule has 0 amide bonds. The number of allylic oxidation sites excluding steroid dienone is 2. The molecular formula is C19H34N2NaO6S+. The van der Waals surface area contributed by atoms with Gasteiger partial charge in [0.15, 0.2) is 0 Å². The second kappa shape index (κ2) is 14.8. The fourth-order valence-electron chi connectivity index (χ4n) is 3.68. The maximum absolute atomic E-state index is 12.7. The molecule has 0 aromatic rings. The third-order valence-corrected chi connectivity index (χ3v) is 5.78. The molecule has 1 aliphatic rings. The zero-order chi connectivity index (χ0) is 21.0. The number of rotatable bonds is 15. The first-order valence-electron chi connectivity index (χ1n) is 10.0. The van der Waals surface area contributed by atoms with Crippen molar-refractivity contribution in [2.24, 2.45) is 4.99 Å².